The zero-order chi connectivity index (χ0) is 29.5. The van der Waals surface area contributed by atoms with Crippen LogP contribution in [0.25, 0.3) is 0 Å². The maximum Gasteiger partial charge on any atom is 0.358 e. The highest BCUT2D eigenvalue weighted by molar-refractivity contribution is 7.79. The van der Waals surface area contributed by atoms with Crippen molar-refractivity contribution in [3.05, 3.63) is 135 Å². The molecule has 0 aliphatic carbocycles. The topological polar surface area (TPSA) is 101 Å². The van der Waals surface area contributed by atoms with Gasteiger partial charge in [-0.05, 0) is 37.1 Å². The van der Waals surface area contributed by atoms with E-state index in [-0.39, 0.29) is 18.5 Å². The molecule has 0 amide bonds. The van der Waals surface area contributed by atoms with Crippen molar-refractivity contribution in [2.45, 2.75) is 51.1 Å². The van der Waals surface area contributed by atoms with Gasteiger partial charge in [-0.3, -0.25) is 14.3 Å². The molecule has 0 bridgehead atoms. The maximum absolute atomic E-state index is 13.0. The Labute approximate surface area is 248 Å². The number of aromatic nitrogens is 2. The summed E-state index contributed by atoms with van der Waals surface area (Å²) in [5.74, 6) is 0.491. The second kappa shape index (κ2) is 13.3. The molecule has 4 atom stereocenters. The number of hydrogen-bond acceptors (Lipinski definition) is 8. The van der Waals surface area contributed by atoms with Gasteiger partial charge in [-0.1, -0.05) is 78.9 Å². The van der Waals surface area contributed by atoms with Crippen LogP contribution in [-0.2, 0) is 32.2 Å². The van der Waals surface area contributed by atoms with E-state index in [9.17, 15) is 9.59 Å². The summed E-state index contributed by atoms with van der Waals surface area (Å²) >= 11 is 5.48. The van der Waals surface area contributed by atoms with Crippen LogP contribution in [0.1, 0.15) is 29.8 Å². The fourth-order valence-corrected chi connectivity index (χ4v) is 5.04. The first-order chi connectivity index (χ1) is 20.3. The molecule has 10 heteroatoms. The molecule has 2 heterocycles. The highest BCUT2D eigenvalue weighted by Gasteiger charge is 2.56. The van der Waals surface area contributed by atoms with Gasteiger partial charge in [-0.15, -0.1) is 0 Å². The largest absolute Gasteiger partial charge is 0.446 e. The molecule has 42 heavy (non-hydrogen) atoms. The van der Waals surface area contributed by atoms with Gasteiger partial charge in [0.25, 0.3) is 5.56 Å². The third-order valence-electron chi connectivity index (χ3n) is 6.94. The van der Waals surface area contributed by atoms with Gasteiger partial charge < -0.3 is 23.7 Å². The molecule has 4 aromatic rings. The molecule has 9 nitrogen and oxygen atoms in total. The Balaban J connectivity index is 1.48. The van der Waals surface area contributed by atoms with Crippen molar-refractivity contribution < 1.29 is 23.7 Å². The summed E-state index contributed by atoms with van der Waals surface area (Å²) in [5, 5.41) is -0.170. The molecule has 3 aromatic carbocycles. The SMILES string of the molecule is Cc1cn([C@@H]2O[C@](C)(COCc3ccccc3)[C@@H](OCc3ccccc3)[C@H]2OC(=S)Oc2ccccc2)c(=O)[nH]c1=O. The number of ether oxygens (including phenoxy) is 5. The fourth-order valence-electron chi connectivity index (χ4n) is 4.83. The van der Waals surface area contributed by atoms with E-state index in [0.717, 1.165) is 11.1 Å². The minimum atomic E-state index is -1.09. The predicted molar refractivity (Wildman–Crippen MR) is 160 cm³/mol. The predicted octanol–water partition coefficient (Wildman–Crippen LogP) is 4.68. The standard InChI is InChI=1S/C32H32N2O7S/c1-22-18-34(30(36)33-28(22)35)29-26(40-31(42)39-25-16-10-5-11-17-25)27(38-20-24-14-8-4-9-15-24)32(2,41-29)21-37-19-23-12-6-3-7-13-23/h3-18,26-27,29H,19-21H2,1-2H3,(H,33,35,36)/t26-,27+,29-,32-/m1/s1. The average molecular weight is 589 g/mol. The van der Waals surface area contributed by atoms with Gasteiger partial charge in [0, 0.05) is 24.0 Å². The number of nitrogens with zero attached hydrogens (tertiary/aromatic N) is 1. The lowest BCUT2D eigenvalue weighted by atomic mass is 9.97. The van der Waals surface area contributed by atoms with Crippen molar-refractivity contribution >= 4 is 17.5 Å². The summed E-state index contributed by atoms with van der Waals surface area (Å²) in [6.07, 6.45) is -1.31. The summed E-state index contributed by atoms with van der Waals surface area (Å²) in [6.45, 7) is 4.14. The van der Waals surface area contributed by atoms with Crippen LogP contribution in [0.15, 0.2) is 107 Å². The Bertz CT molecular complexity index is 1590. The van der Waals surface area contributed by atoms with Crippen LogP contribution in [0.5, 0.6) is 5.75 Å². The van der Waals surface area contributed by atoms with Gasteiger partial charge >= 0.3 is 10.9 Å². The van der Waals surface area contributed by atoms with Gasteiger partial charge in [0.1, 0.15) is 17.5 Å². The summed E-state index contributed by atoms with van der Waals surface area (Å²) in [7, 11) is 0. The minimum absolute atomic E-state index is 0.112. The maximum atomic E-state index is 13.0. The Morgan fingerprint density at radius 3 is 2.17 bits per heavy atom. The third-order valence-corrected chi connectivity index (χ3v) is 7.12. The first-order valence-electron chi connectivity index (χ1n) is 13.5. The van der Waals surface area contributed by atoms with Crippen molar-refractivity contribution in [1.29, 1.82) is 0 Å². The van der Waals surface area contributed by atoms with E-state index in [1.165, 1.54) is 10.8 Å². The van der Waals surface area contributed by atoms with E-state index >= 15 is 0 Å². The molecule has 1 fully saturated rings. The average Bonchev–Trinajstić information content (AvgIpc) is 3.25. The molecular formula is C32H32N2O7S. The van der Waals surface area contributed by atoms with Crippen molar-refractivity contribution in [3.63, 3.8) is 0 Å². The first-order valence-corrected chi connectivity index (χ1v) is 13.9. The van der Waals surface area contributed by atoms with Crippen LogP contribution in [0.3, 0.4) is 0 Å². The Hall–Kier alpha value is -4.09. The zero-order valence-corrected chi connectivity index (χ0v) is 24.1. The Kier molecular flexibility index (Phi) is 9.28. The van der Waals surface area contributed by atoms with Crippen molar-refractivity contribution in [2.24, 2.45) is 0 Å². The van der Waals surface area contributed by atoms with Crippen molar-refractivity contribution in [1.82, 2.24) is 9.55 Å². The fraction of sp³-hybridized carbons (Fsp3) is 0.281. The van der Waals surface area contributed by atoms with Crippen LogP contribution in [-0.4, -0.2) is 39.2 Å². The Morgan fingerprint density at radius 2 is 1.52 bits per heavy atom. The highest BCUT2D eigenvalue weighted by Crippen LogP contribution is 2.41. The van der Waals surface area contributed by atoms with Crippen LogP contribution in [0.2, 0.25) is 0 Å². The molecule has 218 valence electrons. The quantitative estimate of drug-likeness (QED) is 0.267. The van der Waals surface area contributed by atoms with E-state index in [1.54, 1.807) is 19.1 Å². The highest BCUT2D eigenvalue weighted by atomic mass is 32.1. The number of para-hydroxylation sites is 1. The molecule has 1 aliphatic rings. The zero-order valence-electron chi connectivity index (χ0n) is 23.3. The molecule has 1 aliphatic heterocycles. The second-order valence-electron chi connectivity index (χ2n) is 10.2. The molecule has 0 saturated carbocycles. The van der Waals surface area contributed by atoms with Gasteiger partial charge in [0.05, 0.1) is 19.8 Å². The lowest BCUT2D eigenvalue weighted by molar-refractivity contribution is -0.147. The van der Waals surface area contributed by atoms with E-state index in [1.807, 2.05) is 85.8 Å². The number of benzene rings is 3. The number of H-pyrrole nitrogens is 1. The number of aromatic amines is 1. The summed E-state index contributed by atoms with van der Waals surface area (Å²) < 4.78 is 32.5. The van der Waals surface area contributed by atoms with Gasteiger partial charge in [0.15, 0.2) is 12.3 Å². The van der Waals surface area contributed by atoms with E-state index in [4.69, 9.17) is 35.9 Å². The molecule has 0 spiro atoms. The van der Waals surface area contributed by atoms with Gasteiger partial charge in [0.2, 0.25) is 0 Å². The summed E-state index contributed by atoms with van der Waals surface area (Å²) in [6, 6.07) is 28.4. The molecule has 1 aromatic heterocycles. The molecule has 1 N–H and O–H groups in total. The van der Waals surface area contributed by atoms with Crippen molar-refractivity contribution in [2.75, 3.05) is 6.61 Å². The minimum Gasteiger partial charge on any atom is -0.446 e. The molecule has 0 radical (unpaired) electrons. The smallest absolute Gasteiger partial charge is 0.358 e. The first kappa shape index (κ1) is 29.4. The normalized spacial score (nSPS) is 21.6. The number of thiocarbonyl (C=S) groups is 1. The van der Waals surface area contributed by atoms with Crippen LogP contribution in [0, 0.1) is 6.92 Å². The monoisotopic (exact) mass is 588 g/mol. The number of hydrogen-bond donors (Lipinski definition) is 1. The lowest BCUT2D eigenvalue weighted by Crippen LogP contribution is -2.47. The van der Waals surface area contributed by atoms with Crippen molar-refractivity contribution in [3.8, 4) is 5.75 Å². The summed E-state index contributed by atoms with van der Waals surface area (Å²) in [5.41, 5.74) is 0.0270. The van der Waals surface area contributed by atoms with E-state index in [2.05, 4.69) is 4.98 Å². The number of nitrogens with one attached hydrogen (secondary N) is 1. The molecule has 5 rings (SSSR count). The molecular weight excluding hydrogens is 556 g/mol. The third kappa shape index (κ3) is 7.03. The molecule has 1 saturated heterocycles. The number of rotatable bonds is 10. The Morgan fingerprint density at radius 1 is 0.929 bits per heavy atom. The van der Waals surface area contributed by atoms with E-state index < -0.39 is 35.3 Å². The van der Waals surface area contributed by atoms with E-state index in [0.29, 0.717) is 17.9 Å². The van der Waals surface area contributed by atoms with Crippen LogP contribution in [0.4, 0.5) is 0 Å². The van der Waals surface area contributed by atoms with Crippen LogP contribution >= 0.6 is 12.2 Å². The van der Waals surface area contributed by atoms with Gasteiger partial charge in [-0.2, -0.15) is 0 Å². The summed E-state index contributed by atoms with van der Waals surface area (Å²) in [4.78, 5) is 27.5. The second-order valence-corrected chi connectivity index (χ2v) is 10.6. The van der Waals surface area contributed by atoms with Gasteiger partial charge in [-0.25, -0.2) is 4.79 Å². The van der Waals surface area contributed by atoms with Crippen LogP contribution < -0.4 is 16.0 Å². The number of aryl methyl sites for hydroxylation is 1. The lowest BCUT2D eigenvalue weighted by Gasteiger charge is -2.31. The molecule has 0 unspecified atom stereocenters.